The molecule has 7 nitrogen and oxygen atoms in total. The topological polar surface area (TPSA) is 90.1 Å². The average molecular weight is 284 g/mol. The summed E-state index contributed by atoms with van der Waals surface area (Å²) in [6.45, 7) is 0. The number of methoxy groups -OCH3 is 3. The molecule has 0 spiro atoms. The molecule has 0 aromatic heterocycles. The number of rotatable bonds is 5. The first kappa shape index (κ1) is 15.0. The van der Waals surface area contributed by atoms with Crippen LogP contribution in [0.1, 0.15) is 5.56 Å². The average Bonchev–Trinajstić information content (AvgIpc) is 2.45. The van der Waals surface area contributed by atoms with Crippen LogP contribution in [0.2, 0.25) is 0 Å². The molecule has 1 aromatic rings. The van der Waals surface area contributed by atoms with Crippen LogP contribution in [-0.2, 0) is 0 Å². The van der Waals surface area contributed by atoms with E-state index in [0.717, 1.165) is 5.56 Å². The Balaban J connectivity index is 2.99. The lowest BCUT2D eigenvalue weighted by Crippen LogP contribution is -2.37. The van der Waals surface area contributed by atoms with Gasteiger partial charge in [0.05, 0.1) is 27.5 Å². The Morgan fingerprint density at radius 1 is 1.21 bits per heavy atom. The second-order valence-corrected chi connectivity index (χ2v) is 3.71. The predicted molar refractivity (Wildman–Crippen MR) is 76.7 cm³/mol. The van der Waals surface area contributed by atoms with Crippen LogP contribution in [0.3, 0.4) is 0 Å². The summed E-state index contributed by atoms with van der Waals surface area (Å²) in [5, 5.41) is 4.12. The predicted octanol–water partition coefficient (Wildman–Crippen LogP) is 0.384. The van der Waals surface area contributed by atoms with Crippen molar-refractivity contribution in [1.82, 2.24) is 10.9 Å². The fraction of sp³-hybridized carbons (Fsp3) is 0.273. The first-order chi connectivity index (χ1) is 9.15. The van der Waals surface area contributed by atoms with Gasteiger partial charge in [0.1, 0.15) is 0 Å². The Morgan fingerprint density at radius 2 is 1.79 bits per heavy atom. The molecule has 8 heteroatoms. The Kier molecular flexibility index (Phi) is 5.83. The summed E-state index contributed by atoms with van der Waals surface area (Å²) < 4.78 is 15.7. The molecule has 104 valence electrons. The van der Waals surface area contributed by atoms with E-state index in [1.807, 2.05) is 0 Å². The number of nitrogens with zero attached hydrogens (tertiary/aromatic N) is 1. The number of hydrazone groups is 1. The molecule has 0 heterocycles. The van der Waals surface area contributed by atoms with E-state index in [2.05, 4.69) is 16.0 Å². The lowest BCUT2D eigenvalue weighted by molar-refractivity contribution is 0.324. The Hall–Kier alpha value is -2.06. The number of nitrogens with one attached hydrogen (secondary N) is 2. The lowest BCUT2D eigenvalue weighted by atomic mass is 10.2. The molecule has 1 aromatic carbocycles. The molecular formula is C11H16N4O3S. The number of hydrogen-bond acceptors (Lipinski definition) is 6. The van der Waals surface area contributed by atoms with E-state index in [4.69, 9.17) is 32.3 Å². The third kappa shape index (κ3) is 3.97. The standard InChI is InChI=1S/C11H16N4O3S/c1-16-8-4-7(6-13-15-11(19)14-12)5-9(17-2)10(8)18-3/h4-6H,12H2,1-3H3,(H2,14,15,19)/b13-6+. The molecular weight excluding hydrogens is 268 g/mol. The number of benzene rings is 1. The summed E-state index contributed by atoms with van der Waals surface area (Å²) in [5.74, 6) is 6.71. The Morgan fingerprint density at radius 3 is 2.21 bits per heavy atom. The minimum Gasteiger partial charge on any atom is -0.493 e. The molecule has 0 saturated carbocycles. The molecule has 19 heavy (non-hydrogen) atoms. The summed E-state index contributed by atoms with van der Waals surface area (Å²) in [6.07, 6.45) is 1.55. The number of ether oxygens (including phenoxy) is 3. The molecule has 0 fully saturated rings. The van der Waals surface area contributed by atoms with Gasteiger partial charge in [0.2, 0.25) is 10.9 Å². The maximum atomic E-state index is 5.22. The highest BCUT2D eigenvalue weighted by molar-refractivity contribution is 7.80. The number of hydrazine groups is 1. The van der Waals surface area contributed by atoms with Crippen LogP contribution in [-0.4, -0.2) is 32.7 Å². The Labute approximate surface area is 116 Å². The SMILES string of the molecule is COc1cc(/C=N/NC(=S)NN)cc(OC)c1OC. The molecule has 4 N–H and O–H groups in total. The van der Waals surface area contributed by atoms with Gasteiger partial charge in [-0.25, -0.2) is 5.84 Å². The van der Waals surface area contributed by atoms with Gasteiger partial charge >= 0.3 is 0 Å². The van der Waals surface area contributed by atoms with Crippen molar-refractivity contribution in [2.45, 2.75) is 0 Å². The highest BCUT2D eigenvalue weighted by Crippen LogP contribution is 2.37. The molecule has 0 bridgehead atoms. The molecule has 0 aliphatic rings. The van der Waals surface area contributed by atoms with Crippen LogP contribution in [0, 0.1) is 0 Å². The van der Waals surface area contributed by atoms with Gasteiger partial charge in [-0.2, -0.15) is 5.10 Å². The van der Waals surface area contributed by atoms with Crippen molar-refractivity contribution >= 4 is 23.5 Å². The van der Waals surface area contributed by atoms with Crippen LogP contribution < -0.4 is 30.9 Å². The quantitative estimate of drug-likeness (QED) is 0.312. The fourth-order valence-corrected chi connectivity index (χ4v) is 1.43. The molecule has 0 amide bonds. The minimum absolute atomic E-state index is 0.212. The first-order valence-electron chi connectivity index (χ1n) is 5.26. The van der Waals surface area contributed by atoms with Crippen LogP contribution in [0.5, 0.6) is 17.2 Å². The van der Waals surface area contributed by atoms with Gasteiger partial charge in [0.25, 0.3) is 0 Å². The van der Waals surface area contributed by atoms with Gasteiger partial charge in [0, 0.05) is 5.56 Å². The number of thiocarbonyl (C=S) groups is 1. The van der Waals surface area contributed by atoms with E-state index in [9.17, 15) is 0 Å². The third-order valence-corrected chi connectivity index (χ3v) is 2.41. The summed E-state index contributed by atoms with van der Waals surface area (Å²) in [5.41, 5.74) is 5.54. The number of nitrogens with two attached hydrogens (primary N) is 1. The van der Waals surface area contributed by atoms with Crippen molar-refractivity contribution in [3.05, 3.63) is 17.7 Å². The van der Waals surface area contributed by atoms with Gasteiger partial charge < -0.3 is 14.2 Å². The molecule has 1 rings (SSSR count). The first-order valence-corrected chi connectivity index (χ1v) is 5.66. The van der Waals surface area contributed by atoms with Crippen LogP contribution in [0.15, 0.2) is 17.2 Å². The van der Waals surface area contributed by atoms with Gasteiger partial charge in [-0.3, -0.25) is 10.9 Å². The van der Waals surface area contributed by atoms with E-state index < -0.39 is 0 Å². The lowest BCUT2D eigenvalue weighted by Gasteiger charge is -2.12. The van der Waals surface area contributed by atoms with Crippen molar-refractivity contribution in [2.75, 3.05) is 21.3 Å². The minimum atomic E-state index is 0.212. The van der Waals surface area contributed by atoms with Crippen LogP contribution in [0.25, 0.3) is 0 Å². The van der Waals surface area contributed by atoms with Crippen molar-refractivity contribution in [1.29, 1.82) is 0 Å². The summed E-state index contributed by atoms with van der Waals surface area (Å²) in [4.78, 5) is 0. The molecule has 0 unspecified atom stereocenters. The van der Waals surface area contributed by atoms with Gasteiger partial charge in [-0.05, 0) is 24.4 Å². The van der Waals surface area contributed by atoms with Crippen molar-refractivity contribution in [3.8, 4) is 17.2 Å². The normalized spacial score (nSPS) is 10.1. The second-order valence-electron chi connectivity index (χ2n) is 3.30. The Bertz CT molecular complexity index is 454. The fourth-order valence-electron chi connectivity index (χ4n) is 1.37. The summed E-state index contributed by atoms with van der Waals surface area (Å²) in [6, 6.07) is 3.51. The molecule has 0 aliphatic carbocycles. The second kappa shape index (κ2) is 7.39. The number of hydrogen-bond donors (Lipinski definition) is 3. The highest BCUT2D eigenvalue weighted by atomic mass is 32.1. The summed E-state index contributed by atoms with van der Waals surface area (Å²) in [7, 11) is 4.63. The monoisotopic (exact) mass is 284 g/mol. The van der Waals surface area contributed by atoms with E-state index >= 15 is 0 Å². The zero-order valence-corrected chi connectivity index (χ0v) is 11.7. The maximum Gasteiger partial charge on any atom is 0.203 e. The molecule has 0 aliphatic heterocycles. The van der Waals surface area contributed by atoms with Gasteiger partial charge in [-0.1, -0.05) is 0 Å². The molecule has 0 atom stereocenters. The zero-order valence-electron chi connectivity index (χ0n) is 10.9. The largest absolute Gasteiger partial charge is 0.493 e. The summed E-state index contributed by atoms with van der Waals surface area (Å²) >= 11 is 4.78. The van der Waals surface area contributed by atoms with Gasteiger partial charge in [-0.15, -0.1) is 0 Å². The van der Waals surface area contributed by atoms with E-state index in [0.29, 0.717) is 17.2 Å². The molecule has 0 saturated heterocycles. The van der Waals surface area contributed by atoms with Crippen molar-refractivity contribution < 1.29 is 14.2 Å². The van der Waals surface area contributed by atoms with E-state index in [-0.39, 0.29) is 5.11 Å². The van der Waals surface area contributed by atoms with Crippen molar-refractivity contribution in [2.24, 2.45) is 10.9 Å². The third-order valence-electron chi connectivity index (χ3n) is 2.20. The highest BCUT2D eigenvalue weighted by Gasteiger charge is 2.12. The smallest absolute Gasteiger partial charge is 0.203 e. The van der Waals surface area contributed by atoms with Crippen molar-refractivity contribution in [3.63, 3.8) is 0 Å². The van der Waals surface area contributed by atoms with Crippen LogP contribution >= 0.6 is 12.2 Å². The maximum absolute atomic E-state index is 5.22. The van der Waals surface area contributed by atoms with E-state index in [1.54, 1.807) is 39.7 Å². The zero-order chi connectivity index (χ0) is 14.3. The van der Waals surface area contributed by atoms with Crippen LogP contribution in [0.4, 0.5) is 0 Å². The van der Waals surface area contributed by atoms with Gasteiger partial charge in [0.15, 0.2) is 11.5 Å². The molecule has 0 radical (unpaired) electrons. The van der Waals surface area contributed by atoms with E-state index in [1.165, 1.54) is 0 Å².